The average molecular weight is 341 g/mol. The number of nitro groups is 1. The number of nitrogens with zero attached hydrogens (tertiary/aromatic N) is 4. The predicted molar refractivity (Wildman–Crippen MR) is 87.4 cm³/mol. The molecule has 1 amide bonds. The monoisotopic (exact) mass is 341 g/mol. The van der Waals surface area contributed by atoms with Gasteiger partial charge in [0.15, 0.2) is 5.82 Å². The van der Waals surface area contributed by atoms with Gasteiger partial charge in [0.25, 0.3) is 5.69 Å². The lowest BCUT2D eigenvalue weighted by Crippen LogP contribution is -2.30. The van der Waals surface area contributed by atoms with E-state index in [0.29, 0.717) is 17.1 Å². The number of nitrogens with one attached hydrogen (secondary N) is 1. The lowest BCUT2D eigenvalue weighted by Gasteiger charge is -2.11. The summed E-state index contributed by atoms with van der Waals surface area (Å²) >= 11 is 0. The van der Waals surface area contributed by atoms with Crippen molar-refractivity contribution in [2.45, 2.75) is 19.5 Å². The van der Waals surface area contributed by atoms with Crippen molar-refractivity contribution in [1.82, 2.24) is 20.1 Å². The van der Waals surface area contributed by atoms with Gasteiger partial charge in [0.1, 0.15) is 18.6 Å². The minimum absolute atomic E-state index is 0.00499. The standard InChI is InChI=1S/C16H15N5O4/c1-11(14-3-2-8-25-14)18-15(22)9-20-10-17-16(19-20)12-4-6-13(7-5-12)21(23)24/h2-8,10-11H,9H2,1H3,(H,18,22). The molecule has 0 aliphatic heterocycles. The first-order chi connectivity index (χ1) is 12.0. The normalized spacial score (nSPS) is 11.9. The van der Waals surface area contributed by atoms with E-state index in [9.17, 15) is 14.9 Å². The molecule has 9 heteroatoms. The maximum absolute atomic E-state index is 12.1. The zero-order valence-electron chi connectivity index (χ0n) is 13.3. The van der Waals surface area contributed by atoms with Crippen LogP contribution >= 0.6 is 0 Å². The van der Waals surface area contributed by atoms with Crippen LogP contribution in [0.2, 0.25) is 0 Å². The summed E-state index contributed by atoms with van der Waals surface area (Å²) in [6, 6.07) is 9.19. The van der Waals surface area contributed by atoms with Crippen LogP contribution in [0.5, 0.6) is 0 Å². The maximum Gasteiger partial charge on any atom is 0.269 e. The maximum atomic E-state index is 12.1. The van der Waals surface area contributed by atoms with E-state index in [1.165, 1.54) is 23.1 Å². The van der Waals surface area contributed by atoms with Gasteiger partial charge < -0.3 is 9.73 Å². The molecule has 2 aromatic heterocycles. The van der Waals surface area contributed by atoms with Gasteiger partial charge in [0.2, 0.25) is 5.91 Å². The van der Waals surface area contributed by atoms with E-state index >= 15 is 0 Å². The van der Waals surface area contributed by atoms with Crippen molar-refractivity contribution in [1.29, 1.82) is 0 Å². The van der Waals surface area contributed by atoms with E-state index in [1.54, 1.807) is 30.5 Å². The van der Waals surface area contributed by atoms with Crippen LogP contribution < -0.4 is 5.32 Å². The Balaban J connectivity index is 1.63. The van der Waals surface area contributed by atoms with Gasteiger partial charge in [-0.2, -0.15) is 5.10 Å². The van der Waals surface area contributed by atoms with Crippen LogP contribution in [0.4, 0.5) is 5.69 Å². The lowest BCUT2D eigenvalue weighted by molar-refractivity contribution is -0.384. The summed E-state index contributed by atoms with van der Waals surface area (Å²) < 4.78 is 6.64. The molecule has 1 atom stereocenters. The molecular weight excluding hydrogens is 326 g/mol. The predicted octanol–water partition coefficient (Wildman–Crippen LogP) is 2.32. The first kappa shape index (κ1) is 16.4. The number of rotatable bonds is 6. The Kier molecular flexibility index (Phi) is 4.55. The molecule has 0 spiro atoms. The fourth-order valence-corrected chi connectivity index (χ4v) is 2.28. The minimum Gasteiger partial charge on any atom is -0.467 e. The van der Waals surface area contributed by atoms with Crippen molar-refractivity contribution in [3.63, 3.8) is 0 Å². The second kappa shape index (κ2) is 6.95. The van der Waals surface area contributed by atoms with Gasteiger partial charge >= 0.3 is 0 Å². The van der Waals surface area contributed by atoms with Crippen LogP contribution in [0.1, 0.15) is 18.7 Å². The average Bonchev–Trinajstić information content (AvgIpc) is 3.26. The van der Waals surface area contributed by atoms with E-state index in [0.717, 1.165) is 0 Å². The third kappa shape index (κ3) is 3.89. The largest absolute Gasteiger partial charge is 0.467 e. The number of non-ortho nitro benzene ring substituents is 1. The number of furan rings is 1. The molecule has 1 unspecified atom stereocenters. The first-order valence-electron chi connectivity index (χ1n) is 7.50. The Morgan fingerprint density at radius 3 is 2.76 bits per heavy atom. The van der Waals surface area contributed by atoms with Crippen molar-refractivity contribution in [3.8, 4) is 11.4 Å². The van der Waals surface area contributed by atoms with Crippen LogP contribution in [-0.2, 0) is 11.3 Å². The number of hydrogen-bond donors (Lipinski definition) is 1. The van der Waals surface area contributed by atoms with Crippen molar-refractivity contribution in [2.75, 3.05) is 0 Å². The Hall–Kier alpha value is -3.49. The fourth-order valence-electron chi connectivity index (χ4n) is 2.28. The second-order valence-corrected chi connectivity index (χ2v) is 5.37. The molecule has 0 radical (unpaired) electrons. The molecule has 2 heterocycles. The quantitative estimate of drug-likeness (QED) is 0.543. The summed E-state index contributed by atoms with van der Waals surface area (Å²) in [7, 11) is 0. The third-order valence-electron chi connectivity index (χ3n) is 3.53. The Morgan fingerprint density at radius 2 is 2.12 bits per heavy atom. The first-order valence-corrected chi connectivity index (χ1v) is 7.50. The number of carbonyl (C=O) groups is 1. The number of amides is 1. The zero-order chi connectivity index (χ0) is 17.8. The lowest BCUT2D eigenvalue weighted by atomic mass is 10.2. The molecule has 25 heavy (non-hydrogen) atoms. The van der Waals surface area contributed by atoms with Crippen LogP contribution in [0, 0.1) is 10.1 Å². The third-order valence-corrected chi connectivity index (χ3v) is 3.53. The molecule has 0 fully saturated rings. The topological polar surface area (TPSA) is 116 Å². The highest BCUT2D eigenvalue weighted by Crippen LogP contribution is 2.19. The molecule has 128 valence electrons. The van der Waals surface area contributed by atoms with Gasteiger partial charge in [-0.1, -0.05) is 0 Å². The Labute approximate surface area is 142 Å². The molecule has 0 aliphatic rings. The van der Waals surface area contributed by atoms with E-state index in [2.05, 4.69) is 15.4 Å². The van der Waals surface area contributed by atoms with Gasteiger partial charge in [0.05, 0.1) is 17.2 Å². The highest BCUT2D eigenvalue weighted by Gasteiger charge is 2.14. The van der Waals surface area contributed by atoms with Gasteiger partial charge in [-0.15, -0.1) is 0 Å². The van der Waals surface area contributed by atoms with Crippen molar-refractivity contribution < 1.29 is 14.1 Å². The molecule has 0 saturated carbocycles. The van der Waals surface area contributed by atoms with E-state index in [-0.39, 0.29) is 24.2 Å². The van der Waals surface area contributed by atoms with E-state index in [4.69, 9.17) is 4.42 Å². The van der Waals surface area contributed by atoms with Gasteiger partial charge in [-0.05, 0) is 31.2 Å². The molecule has 9 nitrogen and oxygen atoms in total. The number of aromatic nitrogens is 3. The van der Waals surface area contributed by atoms with Crippen molar-refractivity contribution >= 4 is 11.6 Å². The van der Waals surface area contributed by atoms with Crippen molar-refractivity contribution in [3.05, 3.63) is 64.9 Å². The SMILES string of the molecule is CC(NC(=O)Cn1cnc(-c2ccc([N+](=O)[O-])cc2)n1)c1ccco1. The van der Waals surface area contributed by atoms with Crippen LogP contribution in [0.3, 0.4) is 0 Å². The van der Waals surface area contributed by atoms with E-state index in [1.807, 2.05) is 6.92 Å². The summed E-state index contributed by atoms with van der Waals surface area (Å²) in [4.78, 5) is 26.4. The van der Waals surface area contributed by atoms with Gasteiger partial charge in [0, 0.05) is 17.7 Å². The number of nitro benzene ring substituents is 1. The van der Waals surface area contributed by atoms with Crippen molar-refractivity contribution in [2.24, 2.45) is 0 Å². The molecule has 0 saturated heterocycles. The molecule has 1 aromatic carbocycles. The molecule has 0 aliphatic carbocycles. The van der Waals surface area contributed by atoms with Crippen LogP contribution in [0.25, 0.3) is 11.4 Å². The molecule has 0 bridgehead atoms. The summed E-state index contributed by atoms with van der Waals surface area (Å²) in [6.07, 6.45) is 2.99. The fraction of sp³-hybridized carbons (Fsp3) is 0.188. The number of benzene rings is 1. The van der Waals surface area contributed by atoms with Gasteiger partial charge in [-0.3, -0.25) is 14.9 Å². The van der Waals surface area contributed by atoms with Crippen LogP contribution in [0.15, 0.2) is 53.4 Å². The summed E-state index contributed by atoms with van der Waals surface area (Å²) in [5, 5.41) is 17.7. The summed E-state index contributed by atoms with van der Waals surface area (Å²) in [5.41, 5.74) is 0.628. The zero-order valence-corrected chi connectivity index (χ0v) is 13.3. The highest BCUT2D eigenvalue weighted by atomic mass is 16.6. The second-order valence-electron chi connectivity index (χ2n) is 5.37. The molecule has 3 aromatic rings. The minimum atomic E-state index is -0.472. The van der Waals surface area contributed by atoms with E-state index < -0.39 is 4.92 Å². The Morgan fingerprint density at radius 1 is 1.36 bits per heavy atom. The summed E-state index contributed by atoms with van der Waals surface area (Å²) in [6.45, 7) is 1.82. The smallest absolute Gasteiger partial charge is 0.269 e. The Bertz CT molecular complexity index is 870. The molecular formula is C16H15N5O4. The number of carbonyl (C=O) groups excluding carboxylic acids is 1. The van der Waals surface area contributed by atoms with Crippen LogP contribution in [-0.4, -0.2) is 25.6 Å². The summed E-state index contributed by atoms with van der Waals surface area (Å²) in [5.74, 6) is 0.823. The highest BCUT2D eigenvalue weighted by molar-refractivity contribution is 5.76. The number of hydrogen-bond acceptors (Lipinski definition) is 6. The molecule has 1 N–H and O–H groups in total. The van der Waals surface area contributed by atoms with Gasteiger partial charge in [-0.25, -0.2) is 9.67 Å². The molecule has 3 rings (SSSR count).